The summed E-state index contributed by atoms with van der Waals surface area (Å²) in [7, 11) is 1.89. The molecule has 0 saturated heterocycles. The average molecular weight is 249 g/mol. The van der Waals surface area contributed by atoms with Gasteiger partial charge in [-0.1, -0.05) is 18.7 Å². The van der Waals surface area contributed by atoms with Crippen molar-refractivity contribution in [2.24, 2.45) is 0 Å². The number of nitriles is 1. The van der Waals surface area contributed by atoms with E-state index in [1.807, 2.05) is 38.2 Å². The SMILES string of the molecule is C=Cc1nccc(-c2cccc(NC)c2C)c1C#N. The predicted octanol–water partition coefficient (Wildman–Crippen LogP) is 3.61. The third-order valence-electron chi connectivity index (χ3n) is 3.18. The van der Waals surface area contributed by atoms with Crippen LogP contribution in [0.2, 0.25) is 0 Å². The second-order valence-electron chi connectivity index (χ2n) is 4.16. The summed E-state index contributed by atoms with van der Waals surface area (Å²) in [6.07, 6.45) is 3.32. The van der Waals surface area contributed by atoms with Crippen LogP contribution >= 0.6 is 0 Å². The molecule has 0 radical (unpaired) electrons. The summed E-state index contributed by atoms with van der Waals surface area (Å²) in [6.45, 7) is 5.74. The summed E-state index contributed by atoms with van der Waals surface area (Å²) in [4.78, 5) is 4.17. The van der Waals surface area contributed by atoms with Crippen LogP contribution in [0.3, 0.4) is 0 Å². The number of anilines is 1. The molecule has 19 heavy (non-hydrogen) atoms. The number of pyridine rings is 1. The lowest BCUT2D eigenvalue weighted by atomic mass is 9.95. The van der Waals surface area contributed by atoms with E-state index in [4.69, 9.17) is 0 Å². The lowest BCUT2D eigenvalue weighted by Crippen LogP contribution is -1.97. The number of rotatable bonds is 3. The van der Waals surface area contributed by atoms with Gasteiger partial charge in [-0.05, 0) is 36.3 Å². The van der Waals surface area contributed by atoms with Crippen molar-refractivity contribution in [3.8, 4) is 17.2 Å². The van der Waals surface area contributed by atoms with Crippen molar-refractivity contribution >= 4 is 11.8 Å². The van der Waals surface area contributed by atoms with Crippen LogP contribution in [-0.2, 0) is 0 Å². The van der Waals surface area contributed by atoms with E-state index in [2.05, 4.69) is 22.9 Å². The predicted molar refractivity (Wildman–Crippen MR) is 78.8 cm³/mol. The van der Waals surface area contributed by atoms with Gasteiger partial charge in [0.05, 0.1) is 11.3 Å². The Morgan fingerprint density at radius 3 is 2.74 bits per heavy atom. The minimum absolute atomic E-state index is 0.564. The van der Waals surface area contributed by atoms with Crippen LogP contribution in [0.5, 0.6) is 0 Å². The summed E-state index contributed by atoms with van der Waals surface area (Å²) >= 11 is 0. The quantitative estimate of drug-likeness (QED) is 0.903. The van der Waals surface area contributed by atoms with Gasteiger partial charge in [-0.25, -0.2) is 0 Å². The average Bonchev–Trinajstić information content (AvgIpc) is 2.46. The van der Waals surface area contributed by atoms with Crippen molar-refractivity contribution in [1.29, 1.82) is 5.26 Å². The Kier molecular flexibility index (Phi) is 3.63. The van der Waals surface area contributed by atoms with Crippen molar-refractivity contribution in [1.82, 2.24) is 4.98 Å². The van der Waals surface area contributed by atoms with Crippen LogP contribution in [0.1, 0.15) is 16.8 Å². The molecule has 0 saturated carbocycles. The smallest absolute Gasteiger partial charge is 0.102 e. The Morgan fingerprint density at radius 1 is 1.32 bits per heavy atom. The molecule has 3 heteroatoms. The Balaban J connectivity index is 2.73. The van der Waals surface area contributed by atoms with Gasteiger partial charge in [0.1, 0.15) is 6.07 Å². The Hall–Kier alpha value is -2.60. The molecular weight excluding hydrogens is 234 g/mol. The van der Waals surface area contributed by atoms with Crippen LogP contribution in [0.25, 0.3) is 17.2 Å². The molecule has 0 aliphatic rings. The Labute approximate surface area is 113 Å². The van der Waals surface area contributed by atoms with Crippen LogP contribution in [0.4, 0.5) is 5.69 Å². The van der Waals surface area contributed by atoms with Crippen molar-refractivity contribution in [3.05, 3.63) is 53.9 Å². The highest BCUT2D eigenvalue weighted by molar-refractivity contribution is 5.79. The Morgan fingerprint density at radius 2 is 2.11 bits per heavy atom. The van der Waals surface area contributed by atoms with Crippen molar-refractivity contribution in [2.75, 3.05) is 12.4 Å². The minimum atomic E-state index is 0.564. The zero-order valence-corrected chi connectivity index (χ0v) is 11.1. The van der Waals surface area contributed by atoms with Crippen LogP contribution < -0.4 is 5.32 Å². The van der Waals surface area contributed by atoms with Gasteiger partial charge in [-0.3, -0.25) is 4.98 Å². The normalized spacial score (nSPS) is 9.74. The monoisotopic (exact) mass is 249 g/mol. The molecule has 0 aliphatic heterocycles. The molecule has 3 nitrogen and oxygen atoms in total. The van der Waals surface area contributed by atoms with Crippen molar-refractivity contribution < 1.29 is 0 Å². The molecule has 0 fully saturated rings. The van der Waals surface area contributed by atoms with E-state index in [1.165, 1.54) is 0 Å². The van der Waals surface area contributed by atoms with E-state index in [-0.39, 0.29) is 0 Å². The molecule has 0 amide bonds. The van der Waals surface area contributed by atoms with Gasteiger partial charge in [-0.15, -0.1) is 0 Å². The van der Waals surface area contributed by atoms with Gasteiger partial charge in [0.2, 0.25) is 0 Å². The maximum Gasteiger partial charge on any atom is 0.102 e. The second kappa shape index (κ2) is 5.36. The molecule has 0 spiro atoms. The molecule has 0 bridgehead atoms. The summed E-state index contributed by atoms with van der Waals surface area (Å²) in [5.74, 6) is 0. The molecule has 2 rings (SSSR count). The van der Waals surface area contributed by atoms with E-state index in [0.29, 0.717) is 11.3 Å². The Bertz CT molecular complexity index is 666. The van der Waals surface area contributed by atoms with Gasteiger partial charge in [0.15, 0.2) is 0 Å². The van der Waals surface area contributed by atoms with Gasteiger partial charge < -0.3 is 5.32 Å². The summed E-state index contributed by atoms with van der Waals surface area (Å²) in [5.41, 5.74) is 5.28. The molecule has 1 aromatic carbocycles. The maximum absolute atomic E-state index is 9.36. The first-order valence-corrected chi connectivity index (χ1v) is 6.02. The highest BCUT2D eigenvalue weighted by Gasteiger charge is 2.12. The van der Waals surface area contributed by atoms with Gasteiger partial charge in [-0.2, -0.15) is 5.26 Å². The molecule has 2 aromatic rings. The number of hydrogen-bond acceptors (Lipinski definition) is 3. The van der Waals surface area contributed by atoms with E-state index in [9.17, 15) is 5.26 Å². The van der Waals surface area contributed by atoms with E-state index >= 15 is 0 Å². The summed E-state index contributed by atoms with van der Waals surface area (Å²) in [6, 6.07) is 10.1. The van der Waals surface area contributed by atoms with E-state index in [1.54, 1.807) is 12.3 Å². The molecule has 0 atom stereocenters. The maximum atomic E-state index is 9.36. The third kappa shape index (κ3) is 2.21. The fourth-order valence-electron chi connectivity index (χ4n) is 2.17. The first kappa shape index (κ1) is 12.8. The van der Waals surface area contributed by atoms with Crippen LogP contribution in [0.15, 0.2) is 37.0 Å². The van der Waals surface area contributed by atoms with Gasteiger partial charge in [0.25, 0.3) is 0 Å². The number of benzene rings is 1. The molecule has 94 valence electrons. The fraction of sp³-hybridized carbons (Fsp3) is 0.125. The lowest BCUT2D eigenvalue weighted by Gasteiger charge is -2.13. The molecule has 1 N–H and O–H groups in total. The second-order valence-corrected chi connectivity index (χ2v) is 4.16. The molecule has 1 aromatic heterocycles. The molecule has 1 heterocycles. The zero-order valence-electron chi connectivity index (χ0n) is 11.1. The lowest BCUT2D eigenvalue weighted by molar-refractivity contribution is 1.27. The fourth-order valence-corrected chi connectivity index (χ4v) is 2.17. The first-order chi connectivity index (χ1) is 9.22. The van der Waals surface area contributed by atoms with Crippen molar-refractivity contribution in [3.63, 3.8) is 0 Å². The number of hydrogen-bond donors (Lipinski definition) is 1. The first-order valence-electron chi connectivity index (χ1n) is 6.02. The molecule has 0 unspecified atom stereocenters. The van der Waals surface area contributed by atoms with Crippen molar-refractivity contribution in [2.45, 2.75) is 6.92 Å². The van der Waals surface area contributed by atoms with Crippen LogP contribution in [0, 0.1) is 18.3 Å². The number of nitrogens with one attached hydrogen (secondary N) is 1. The third-order valence-corrected chi connectivity index (χ3v) is 3.18. The summed E-state index contributed by atoms with van der Waals surface area (Å²) in [5, 5.41) is 12.5. The van der Waals surface area contributed by atoms with E-state index < -0.39 is 0 Å². The number of aromatic nitrogens is 1. The molecule has 0 aliphatic carbocycles. The van der Waals surface area contributed by atoms with Gasteiger partial charge >= 0.3 is 0 Å². The van der Waals surface area contributed by atoms with Gasteiger partial charge in [0, 0.05) is 24.5 Å². The standard InChI is InChI=1S/C16H15N3/c1-4-15-14(10-17)13(8-9-19-15)12-6-5-7-16(18-3)11(12)2/h4-9,18H,1H2,2-3H3. The number of nitrogens with zero attached hydrogens (tertiary/aromatic N) is 2. The van der Waals surface area contributed by atoms with Crippen LogP contribution in [-0.4, -0.2) is 12.0 Å². The zero-order chi connectivity index (χ0) is 13.8. The minimum Gasteiger partial charge on any atom is -0.388 e. The molecular formula is C16H15N3. The highest BCUT2D eigenvalue weighted by Crippen LogP contribution is 2.31. The topological polar surface area (TPSA) is 48.7 Å². The van der Waals surface area contributed by atoms with E-state index in [0.717, 1.165) is 22.4 Å². The largest absolute Gasteiger partial charge is 0.388 e. The highest BCUT2D eigenvalue weighted by atomic mass is 14.8. The summed E-state index contributed by atoms with van der Waals surface area (Å²) < 4.78 is 0.